The number of hydrogen-bond donors (Lipinski definition) is 1. The number of hydroxylamine groups is 1. The second-order valence-electron chi connectivity index (χ2n) is 8.82. The molecule has 0 amide bonds. The number of pyridine rings is 1. The van der Waals surface area contributed by atoms with Crippen LogP contribution in [0.15, 0.2) is 87.7 Å². The van der Waals surface area contributed by atoms with Crippen molar-refractivity contribution in [3.63, 3.8) is 0 Å². The molecule has 5 rings (SSSR count). The van der Waals surface area contributed by atoms with Gasteiger partial charge in [0.05, 0.1) is 18.2 Å². The lowest BCUT2D eigenvalue weighted by atomic mass is 9.99. The second-order valence-corrected chi connectivity index (χ2v) is 9.93. The SMILES string of the molecule is Cc1ccc(C[C@H]2CONC(c3c(Sc4cccc(OC(F)(F)F)c4)cnc4ccccc34)=N2)c(C)c1. The first-order chi connectivity index (χ1) is 17.7. The lowest BCUT2D eigenvalue weighted by Crippen LogP contribution is -2.37. The van der Waals surface area contributed by atoms with E-state index in [1.54, 1.807) is 12.3 Å². The summed E-state index contributed by atoms with van der Waals surface area (Å²) in [7, 11) is 0. The number of amidine groups is 1. The molecule has 9 heteroatoms. The number of ether oxygens (including phenoxy) is 1. The van der Waals surface area contributed by atoms with Crippen molar-refractivity contribution in [3.8, 4) is 5.75 Å². The van der Waals surface area contributed by atoms with Crippen LogP contribution in [0.5, 0.6) is 5.75 Å². The maximum Gasteiger partial charge on any atom is 0.573 e. The molecule has 0 bridgehead atoms. The van der Waals surface area contributed by atoms with Gasteiger partial charge in [-0.25, -0.2) is 5.48 Å². The Morgan fingerprint density at radius 3 is 2.70 bits per heavy atom. The molecule has 3 aromatic carbocycles. The summed E-state index contributed by atoms with van der Waals surface area (Å²) in [5.41, 5.74) is 8.15. The minimum atomic E-state index is -4.76. The van der Waals surface area contributed by atoms with E-state index in [1.807, 2.05) is 24.3 Å². The van der Waals surface area contributed by atoms with Gasteiger partial charge in [0.2, 0.25) is 0 Å². The summed E-state index contributed by atoms with van der Waals surface area (Å²) in [6.07, 6.45) is -2.33. The number of nitrogens with one attached hydrogen (secondary N) is 1. The van der Waals surface area contributed by atoms with Crippen molar-refractivity contribution < 1.29 is 22.7 Å². The number of aromatic nitrogens is 1. The molecule has 37 heavy (non-hydrogen) atoms. The quantitative estimate of drug-likeness (QED) is 0.301. The molecular weight excluding hydrogens is 499 g/mol. The Kier molecular flexibility index (Phi) is 7.08. The first-order valence-corrected chi connectivity index (χ1v) is 12.5. The predicted molar refractivity (Wildman–Crippen MR) is 138 cm³/mol. The molecule has 1 N–H and O–H groups in total. The fourth-order valence-electron chi connectivity index (χ4n) is 4.31. The molecule has 5 nitrogen and oxygen atoms in total. The van der Waals surface area contributed by atoms with Gasteiger partial charge in [-0.2, -0.15) is 0 Å². The number of rotatable bonds is 6. The normalized spacial score (nSPS) is 15.8. The Hall–Kier alpha value is -3.56. The van der Waals surface area contributed by atoms with Crippen molar-refractivity contribution in [1.82, 2.24) is 10.5 Å². The zero-order valence-corrected chi connectivity index (χ0v) is 21.0. The van der Waals surface area contributed by atoms with Gasteiger partial charge in [-0.3, -0.25) is 14.8 Å². The average Bonchev–Trinajstić information content (AvgIpc) is 2.85. The molecule has 0 saturated carbocycles. The fourth-order valence-corrected chi connectivity index (χ4v) is 5.30. The van der Waals surface area contributed by atoms with Crippen LogP contribution in [0.2, 0.25) is 0 Å². The van der Waals surface area contributed by atoms with Gasteiger partial charge in [-0.05, 0) is 55.7 Å². The highest BCUT2D eigenvalue weighted by Crippen LogP contribution is 2.36. The van der Waals surface area contributed by atoms with Crippen LogP contribution in [0.25, 0.3) is 10.9 Å². The monoisotopic (exact) mass is 523 g/mol. The molecule has 4 aromatic rings. The Balaban J connectivity index is 1.52. The summed E-state index contributed by atoms with van der Waals surface area (Å²) < 4.78 is 42.3. The summed E-state index contributed by atoms with van der Waals surface area (Å²) >= 11 is 1.29. The molecule has 1 atom stereocenters. The van der Waals surface area contributed by atoms with Crippen LogP contribution in [0.4, 0.5) is 13.2 Å². The summed E-state index contributed by atoms with van der Waals surface area (Å²) in [6, 6.07) is 19.8. The molecule has 0 saturated heterocycles. The highest BCUT2D eigenvalue weighted by molar-refractivity contribution is 7.99. The third kappa shape index (κ3) is 6.06. The van der Waals surface area contributed by atoms with Crippen LogP contribution in [-0.4, -0.2) is 29.8 Å². The molecule has 1 aromatic heterocycles. The van der Waals surface area contributed by atoms with Crippen LogP contribution in [-0.2, 0) is 11.3 Å². The predicted octanol–water partition coefficient (Wildman–Crippen LogP) is 6.79. The zero-order chi connectivity index (χ0) is 26.0. The van der Waals surface area contributed by atoms with E-state index in [-0.39, 0.29) is 11.8 Å². The Morgan fingerprint density at radius 2 is 1.89 bits per heavy atom. The van der Waals surface area contributed by atoms with E-state index in [0.717, 1.165) is 27.8 Å². The lowest BCUT2D eigenvalue weighted by Gasteiger charge is -2.24. The largest absolute Gasteiger partial charge is 0.573 e. The van der Waals surface area contributed by atoms with E-state index in [0.29, 0.717) is 17.3 Å². The number of alkyl halides is 3. The summed E-state index contributed by atoms with van der Waals surface area (Å²) in [4.78, 5) is 16.6. The molecule has 0 aliphatic carbocycles. The van der Waals surface area contributed by atoms with Crippen molar-refractivity contribution in [3.05, 3.63) is 95.2 Å². The van der Waals surface area contributed by atoms with E-state index in [9.17, 15) is 13.2 Å². The van der Waals surface area contributed by atoms with Crippen molar-refractivity contribution in [2.45, 2.75) is 42.5 Å². The van der Waals surface area contributed by atoms with E-state index in [1.165, 1.54) is 46.7 Å². The number of aryl methyl sites for hydroxylation is 2. The van der Waals surface area contributed by atoms with E-state index >= 15 is 0 Å². The topological polar surface area (TPSA) is 55.7 Å². The number of aliphatic imine (C=N–C) groups is 1. The lowest BCUT2D eigenvalue weighted by molar-refractivity contribution is -0.274. The number of fused-ring (bicyclic) bond motifs is 1. The van der Waals surface area contributed by atoms with Gasteiger partial charge in [-0.15, -0.1) is 13.2 Å². The van der Waals surface area contributed by atoms with Gasteiger partial charge >= 0.3 is 6.36 Å². The van der Waals surface area contributed by atoms with Crippen molar-refractivity contribution in [2.75, 3.05) is 6.61 Å². The molecule has 190 valence electrons. The molecule has 1 aliphatic rings. The van der Waals surface area contributed by atoms with Gasteiger partial charge in [-0.1, -0.05) is 59.8 Å². The van der Waals surface area contributed by atoms with Crippen molar-refractivity contribution in [2.24, 2.45) is 4.99 Å². The van der Waals surface area contributed by atoms with E-state index < -0.39 is 6.36 Å². The average molecular weight is 524 g/mol. The molecule has 0 radical (unpaired) electrons. The maximum absolute atomic E-state index is 12.7. The Morgan fingerprint density at radius 1 is 1.05 bits per heavy atom. The third-order valence-corrected chi connectivity index (χ3v) is 6.97. The molecule has 0 spiro atoms. The van der Waals surface area contributed by atoms with Crippen LogP contribution in [0, 0.1) is 13.8 Å². The number of nitrogens with zero attached hydrogens (tertiary/aromatic N) is 2. The minimum absolute atomic E-state index is 0.106. The van der Waals surface area contributed by atoms with Crippen molar-refractivity contribution in [1.29, 1.82) is 0 Å². The van der Waals surface area contributed by atoms with Crippen LogP contribution >= 0.6 is 11.8 Å². The van der Waals surface area contributed by atoms with Gasteiger partial charge in [0.15, 0.2) is 5.84 Å². The first kappa shape index (κ1) is 25.1. The zero-order valence-electron chi connectivity index (χ0n) is 20.2. The van der Waals surface area contributed by atoms with E-state index in [2.05, 4.69) is 47.2 Å². The van der Waals surface area contributed by atoms with Gasteiger partial charge in [0.25, 0.3) is 0 Å². The van der Waals surface area contributed by atoms with Crippen LogP contribution in [0.1, 0.15) is 22.3 Å². The highest BCUT2D eigenvalue weighted by Gasteiger charge is 2.31. The van der Waals surface area contributed by atoms with Gasteiger partial charge < -0.3 is 4.74 Å². The number of hydrogen-bond acceptors (Lipinski definition) is 6. The van der Waals surface area contributed by atoms with Crippen LogP contribution in [0.3, 0.4) is 0 Å². The van der Waals surface area contributed by atoms with Gasteiger partial charge in [0, 0.05) is 26.9 Å². The highest BCUT2D eigenvalue weighted by atomic mass is 32.2. The molecule has 1 aliphatic heterocycles. The van der Waals surface area contributed by atoms with E-state index in [4.69, 9.17) is 9.83 Å². The molecule has 0 unspecified atom stereocenters. The molecule has 0 fully saturated rings. The third-order valence-electron chi connectivity index (χ3n) is 5.95. The smallest absolute Gasteiger partial charge is 0.406 e. The fraction of sp³-hybridized carbons (Fsp3) is 0.214. The Labute approximate surface area is 216 Å². The summed E-state index contributed by atoms with van der Waals surface area (Å²) in [5, 5.41) is 0.859. The second kappa shape index (κ2) is 10.4. The summed E-state index contributed by atoms with van der Waals surface area (Å²) in [6.45, 7) is 4.58. The van der Waals surface area contributed by atoms with Gasteiger partial charge in [0.1, 0.15) is 5.75 Å². The first-order valence-electron chi connectivity index (χ1n) is 11.7. The Bertz CT molecular complexity index is 1470. The minimum Gasteiger partial charge on any atom is -0.406 e. The molecular formula is C28H24F3N3O2S. The standard InChI is InChI=1S/C28H24F3N3O2S/c1-17-10-11-19(18(2)12-17)13-20-16-35-34-27(33-20)26-23-8-3-4-9-24(23)32-15-25(26)37-22-7-5-6-21(14-22)36-28(29,30)31/h3-12,14-15,20H,13,16H2,1-2H3,(H,33,34)/t20-/m0/s1. The van der Waals surface area contributed by atoms with Crippen molar-refractivity contribution >= 4 is 28.5 Å². The molecule has 2 heterocycles. The van der Waals surface area contributed by atoms with Crippen LogP contribution < -0.4 is 10.2 Å². The number of para-hydroxylation sites is 1. The number of benzene rings is 3. The number of halogens is 3. The maximum atomic E-state index is 12.7. The summed E-state index contributed by atoms with van der Waals surface area (Å²) in [5.74, 6) is 0.280.